The molecule has 2 aromatic heterocycles. The summed E-state index contributed by atoms with van der Waals surface area (Å²) in [7, 11) is 1.48. The molecule has 4 aromatic rings. The number of carbonyl (C=O) groups excluding carboxylic acids is 2. The maximum absolute atomic E-state index is 13.8. The van der Waals surface area contributed by atoms with Crippen LogP contribution < -0.4 is 19.6 Å². The summed E-state index contributed by atoms with van der Waals surface area (Å²) in [5, 5.41) is 67.9. The number of hydrogen-bond donors (Lipinski definition) is 6. The van der Waals surface area contributed by atoms with Gasteiger partial charge in [0, 0.05) is 17.2 Å². The zero-order chi connectivity index (χ0) is 42.6. The number of ether oxygens (including phenoxy) is 7. The predicted octanol–water partition coefficient (Wildman–Crippen LogP) is 1.12. The van der Waals surface area contributed by atoms with E-state index in [1.807, 2.05) is 19.9 Å². The third-order valence-electron chi connectivity index (χ3n) is 8.94. The molecule has 6 N–H and O–H groups in total. The van der Waals surface area contributed by atoms with Crippen LogP contribution in [0.2, 0.25) is 0 Å². The molecule has 0 bridgehead atoms. The highest BCUT2D eigenvalue weighted by Crippen LogP contribution is 2.39. The summed E-state index contributed by atoms with van der Waals surface area (Å²) < 4.78 is 45.0. The summed E-state index contributed by atoms with van der Waals surface area (Å²) in [5.41, 5.74) is 0.557. The van der Waals surface area contributed by atoms with Gasteiger partial charge >= 0.3 is 11.9 Å². The SMILES string of the molecule is COc1ccc(-c2oc3c(CC=C(C)C)c(O)cc(O)c3c(=O)c2OC(=O)CCC(=O)OCCOCCOc2cn(CCO[C@H]3O[C@@H](CO)[C@H](O)[C@@H](O)[C@@H]3O)nn2)cc1. The molecule has 1 aliphatic heterocycles. The van der Waals surface area contributed by atoms with E-state index in [4.69, 9.17) is 37.6 Å². The molecule has 0 amide bonds. The molecule has 1 saturated heterocycles. The Balaban J connectivity index is 1.06. The van der Waals surface area contributed by atoms with E-state index in [0.717, 1.165) is 11.6 Å². The lowest BCUT2D eigenvalue weighted by Gasteiger charge is -2.39. The van der Waals surface area contributed by atoms with Crippen molar-refractivity contribution in [2.45, 2.75) is 70.4 Å². The maximum atomic E-state index is 13.8. The highest BCUT2D eigenvalue weighted by Gasteiger charge is 2.44. The van der Waals surface area contributed by atoms with E-state index in [1.54, 1.807) is 24.3 Å². The lowest BCUT2D eigenvalue weighted by Crippen LogP contribution is -2.59. The van der Waals surface area contributed by atoms with Gasteiger partial charge in [-0.2, -0.15) is 0 Å². The minimum Gasteiger partial charge on any atom is -0.507 e. The number of nitrogens with zero attached hydrogens (tertiary/aromatic N) is 3. The van der Waals surface area contributed by atoms with Crippen molar-refractivity contribution < 1.29 is 77.8 Å². The van der Waals surface area contributed by atoms with E-state index in [-0.39, 0.29) is 86.3 Å². The number of aliphatic hydroxyl groups excluding tert-OH is 4. The molecule has 5 atom stereocenters. The van der Waals surface area contributed by atoms with Crippen LogP contribution in [0.25, 0.3) is 22.3 Å². The van der Waals surface area contributed by atoms with Crippen LogP contribution in [0.5, 0.6) is 28.9 Å². The van der Waals surface area contributed by atoms with Crippen molar-refractivity contribution in [3.63, 3.8) is 0 Å². The Kier molecular flexibility index (Phi) is 15.8. The number of phenols is 2. The molecule has 3 heterocycles. The molecule has 5 rings (SSSR count). The third-order valence-corrected chi connectivity index (χ3v) is 8.94. The molecular formula is C39H47N3O17. The number of rotatable bonds is 20. The molecule has 20 heteroatoms. The smallest absolute Gasteiger partial charge is 0.312 e. The fourth-order valence-corrected chi connectivity index (χ4v) is 5.78. The first kappa shape index (κ1) is 44.5. The standard InChI is InChI=1S/C39H47N3O17/c1-21(2)4-9-24-25(44)18-26(45)31-33(49)38(36(59-37(24)31)22-5-7-23(52-3)8-6-22)58-30(47)11-10-29(46)55-17-15-53-14-16-54-28-19-42(41-40-28)12-13-56-39-35(51)34(50)32(48)27(20-43)57-39/h4-8,18-19,27,32,34-35,39,43-45,48,50-51H,9-17,20H2,1-3H3/t27-,32-,34+,35-,39-/m0/s1. The van der Waals surface area contributed by atoms with Gasteiger partial charge < -0.3 is 68.2 Å². The fourth-order valence-electron chi connectivity index (χ4n) is 5.78. The van der Waals surface area contributed by atoms with Gasteiger partial charge in [-0.3, -0.25) is 14.4 Å². The molecule has 2 aromatic carbocycles. The number of allylic oxidation sites excluding steroid dienone is 2. The highest BCUT2D eigenvalue weighted by atomic mass is 16.7. The van der Waals surface area contributed by atoms with Crippen molar-refractivity contribution in [1.29, 1.82) is 0 Å². The van der Waals surface area contributed by atoms with Crippen molar-refractivity contribution >= 4 is 22.9 Å². The summed E-state index contributed by atoms with van der Waals surface area (Å²) in [4.78, 5) is 39.2. The second kappa shape index (κ2) is 20.9. The third kappa shape index (κ3) is 11.5. The number of benzene rings is 2. The number of methoxy groups -OCH3 is 1. The van der Waals surface area contributed by atoms with Gasteiger partial charge in [-0.1, -0.05) is 22.0 Å². The van der Waals surface area contributed by atoms with E-state index in [0.29, 0.717) is 11.3 Å². The number of phenolic OH excluding ortho intramolecular Hbond substituents is 2. The van der Waals surface area contributed by atoms with Crippen molar-refractivity contribution in [2.24, 2.45) is 0 Å². The molecule has 0 saturated carbocycles. The molecule has 0 spiro atoms. The Morgan fingerprint density at radius 1 is 0.932 bits per heavy atom. The van der Waals surface area contributed by atoms with Gasteiger partial charge in [0.15, 0.2) is 12.1 Å². The van der Waals surface area contributed by atoms with Crippen LogP contribution in [0.15, 0.2) is 57.4 Å². The zero-order valence-electron chi connectivity index (χ0n) is 32.5. The van der Waals surface area contributed by atoms with Gasteiger partial charge in [-0.25, -0.2) is 4.68 Å². The lowest BCUT2D eigenvalue weighted by atomic mass is 9.99. The Bertz CT molecular complexity index is 2130. The molecule has 0 radical (unpaired) electrons. The van der Waals surface area contributed by atoms with E-state index < -0.39 is 72.6 Å². The first-order chi connectivity index (χ1) is 28.3. The fraction of sp³-hybridized carbons (Fsp3) is 0.462. The number of hydrogen-bond acceptors (Lipinski definition) is 19. The van der Waals surface area contributed by atoms with Crippen LogP contribution >= 0.6 is 0 Å². The normalized spacial score (nSPS) is 19.0. The van der Waals surface area contributed by atoms with Gasteiger partial charge in [-0.05, 0) is 44.5 Å². The van der Waals surface area contributed by atoms with E-state index in [2.05, 4.69) is 10.3 Å². The molecular weight excluding hydrogens is 782 g/mol. The van der Waals surface area contributed by atoms with Crippen molar-refractivity contribution in [1.82, 2.24) is 15.0 Å². The molecule has 320 valence electrons. The highest BCUT2D eigenvalue weighted by molar-refractivity contribution is 5.92. The van der Waals surface area contributed by atoms with Crippen LogP contribution in [-0.4, -0.2) is 135 Å². The van der Waals surface area contributed by atoms with Crippen LogP contribution in [0.1, 0.15) is 32.3 Å². The summed E-state index contributed by atoms with van der Waals surface area (Å²) in [6.45, 7) is 3.37. The van der Waals surface area contributed by atoms with Gasteiger partial charge in [0.1, 0.15) is 65.8 Å². The zero-order valence-corrected chi connectivity index (χ0v) is 32.5. The average Bonchev–Trinajstić information content (AvgIpc) is 3.67. The van der Waals surface area contributed by atoms with E-state index >= 15 is 0 Å². The minimum absolute atomic E-state index is 0.0134. The van der Waals surface area contributed by atoms with Gasteiger partial charge in [0.25, 0.3) is 5.88 Å². The quantitative estimate of drug-likeness (QED) is 0.0413. The van der Waals surface area contributed by atoms with E-state index in [9.17, 15) is 45.0 Å². The number of aromatic hydroxyl groups is 2. The molecule has 1 fully saturated rings. The summed E-state index contributed by atoms with van der Waals surface area (Å²) in [5.74, 6) is -2.52. The van der Waals surface area contributed by atoms with Crippen LogP contribution in [-0.2, 0) is 41.5 Å². The lowest BCUT2D eigenvalue weighted by molar-refractivity contribution is -0.301. The van der Waals surface area contributed by atoms with Crippen molar-refractivity contribution in [3.05, 3.63) is 64.0 Å². The molecule has 20 nitrogen and oxygen atoms in total. The monoisotopic (exact) mass is 829 g/mol. The van der Waals surface area contributed by atoms with Crippen LogP contribution in [0.3, 0.4) is 0 Å². The van der Waals surface area contributed by atoms with Gasteiger partial charge in [0.2, 0.25) is 11.2 Å². The number of carbonyl (C=O) groups is 2. The summed E-state index contributed by atoms with van der Waals surface area (Å²) in [6.07, 6.45) is -4.29. The predicted molar refractivity (Wildman–Crippen MR) is 203 cm³/mol. The van der Waals surface area contributed by atoms with Gasteiger partial charge in [-0.15, -0.1) is 0 Å². The number of aromatic nitrogens is 3. The van der Waals surface area contributed by atoms with Crippen molar-refractivity contribution in [2.75, 3.05) is 46.8 Å². The topological polar surface area (TPSA) is 281 Å². The van der Waals surface area contributed by atoms with Crippen LogP contribution in [0, 0.1) is 0 Å². The Morgan fingerprint density at radius 3 is 2.37 bits per heavy atom. The molecule has 0 unspecified atom stereocenters. The van der Waals surface area contributed by atoms with Gasteiger partial charge in [0.05, 0.1) is 59.1 Å². The van der Waals surface area contributed by atoms with E-state index in [1.165, 1.54) is 18.0 Å². The summed E-state index contributed by atoms with van der Waals surface area (Å²) in [6, 6.07) is 7.39. The first-order valence-electron chi connectivity index (χ1n) is 18.5. The number of esters is 2. The largest absolute Gasteiger partial charge is 0.507 e. The Hall–Kier alpha value is -5.61. The van der Waals surface area contributed by atoms with Crippen molar-refractivity contribution in [3.8, 4) is 40.2 Å². The maximum Gasteiger partial charge on any atom is 0.312 e. The summed E-state index contributed by atoms with van der Waals surface area (Å²) >= 11 is 0. The Labute approximate surface area is 336 Å². The molecule has 59 heavy (non-hydrogen) atoms. The average molecular weight is 830 g/mol. The number of aliphatic hydroxyl groups is 4. The molecule has 1 aliphatic rings. The minimum atomic E-state index is -1.55. The number of fused-ring (bicyclic) bond motifs is 1. The second-order valence-corrected chi connectivity index (χ2v) is 13.4. The Morgan fingerprint density at radius 2 is 1.66 bits per heavy atom. The first-order valence-corrected chi connectivity index (χ1v) is 18.5. The molecule has 0 aliphatic carbocycles. The second-order valence-electron chi connectivity index (χ2n) is 13.4. The van der Waals surface area contributed by atoms with Crippen LogP contribution in [0.4, 0.5) is 0 Å².